The molecule has 0 saturated heterocycles. The third kappa shape index (κ3) is 4.30. The number of halogens is 5. The number of pyridine rings is 1. The van der Waals surface area contributed by atoms with Crippen molar-refractivity contribution in [2.45, 2.75) is 17.2 Å². The zero-order valence-corrected chi connectivity index (χ0v) is 19.7. The summed E-state index contributed by atoms with van der Waals surface area (Å²) >= 11 is 31.9. The molecule has 2 aromatic carbocycles. The number of nitrogens with one attached hydrogen (secondary N) is 1. The Morgan fingerprint density at radius 3 is 2.37 bits per heavy atom. The fraction of sp³-hybridized carbons (Fsp3) is 0.174. The van der Waals surface area contributed by atoms with E-state index in [1.807, 2.05) is 49.4 Å². The Morgan fingerprint density at radius 2 is 1.70 bits per heavy atom. The Hall–Kier alpha value is -1.42. The lowest BCUT2D eigenvalue weighted by Gasteiger charge is -2.13. The molecule has 1 aliphatic rings. The highest BCUT2D eigenvalue weighted by Gasteiger charge is 2.65. The van der Waals surface area contributed by atoms with Gasteiger partial charge in [0.2, 0.25) is 0 Å². The lowest BCUT2D eigenvalue weighted by atomic mass is 10.1. The van der Waals surface area contributed by atoms with E-state index in [4.69, 9.17) is 58.0 Å². The van der Waals surface area contributed by atoms with Crippen molar-refractivity contribution < 1.29 is 0 Å². The van der Waals surface area contributed by atoms with E-state index in [2.05, 4.69) is 16.9 Å². The molecule has 0 spiro atoms. The molecule has 4 rings (SSSR count). The number of hydrogen-bond donors (Lipinski definition) is 1. The molecule has 154 valence electrons. The van der Waals surface area contributed by atoms with Gasteiger partial charge in [-0.25, -0.2) is 0 Å². The zero-order chi connectivity index (χ0) is 21.6. The predicted molar refractivity (Wildman–Crippen MR) is 129 cm³/mol. The molecule has 7 heteroatoms. The van der Waals surface area contributed by atoms with Crippen LogP contribution in [0.25, 0.3) is 11.3 Å². The number of aryl methyl sites for hydroxylation is 1. The van der Waals surface area contributed by atoms with Gasteiger partial charge in [0.25, 0.3) is 0 Å². The van der Waals surface area contributed by atoms with Gasteiger partial charge in [-0.1, -0.05) is 41.4 Å². The number of benzene rings is 2. The second-order valence-corrected chi connectivity index (χ2v) is 10.1. The SMILES string of the molecule is C=C(Nc1ccc(Cl)c(-c2cc(C)ccn2)c1)C1C(c2cc(Cl)cc(Cl)c2)C1(Cl)Cl. The smallest absolute Gasteiger partial charge is 0.134 e. The van der Waals surface area contributed by atoms with Crippen LogP contribution in [0.3, 0.4) is 0 Å². The van der Waals surface area contributed by atoms with E-state index in [0.29, 0.717) is 20.8 Å². The molecule has 3 aromatic rings. The van der Waals surface area contributed by atoms with E-state index in [0.717, 1.165) is 28.1 Å². The van der Waals surface area contributed by atoms with Crippen molar-refractivity contribution in [3.8, 4) is 11.3 Å². The molecule has 0 bridgehead atoms. The number of hydrogen-bond acceptors (Lipinski definition) is 2. The summed E-state index contributed by atoms with van der Waals surface area (Å²) in [4.78, 5) is 4.43. The van der Waals surface area contributed by atoms with Gasteiger partial charge in [0.15, 0.2) is 0 Å². The molecule has 1 N–H and O–H groups in total. The van der Waals surface area contributed by atoms with Crippen LogP contribution >= 0.6 is 58.0 Å². The van der Waals surface area contributed by atoms with E-state index < -0.39 is 4.33 Å². The van der Waals surface area contributed by atoms with Crippen LogP contribution in [0.4, 0.5) is 5.69 Å². The Bertz CT molecular complexity index is 1120. The second-order valence-electron chi connectivity index (χ2n) is 7.40. The van der Waals surface area contributed by atoms with Crippen molar-refractivity contribution in [3.63, 3.8) is 0 Å². The van der Waals surface area contributed by atoms with Gasteiger partial charge in [0.05, 0.1) is 10.7 Å². The van der Waals surface area contributed by atoms with E-state index in [1.54, 1.807) is 12.3 Å². The van der Waals surface area contributed by atoms with Crippen LogP contribution in [0.2, 0.25) is 15.1 Å². The molecule has 0 amide bonds. The largest absolute Gasteiger partial charge is 0.359 e. The summed E-state index contributed by atoms with van der Waals surface area (Å²) in [5.41, 5.74) is 5.14. The molecule has 2 unspecified atom stereocenters. The normalized spacial score (nSPS) is 19.4. The Labute approximate surface area is 200 Å². The number of allylic oxidation sites excluding steroid dienone is 1. The molecule has 0 aliphatic heterocycles. The third-order valence-electron chi connectivity index (χ3n) is 5.14. The second kappa shape index (κ2) is 8.26. The first-order valence-electron chi connectivity index (χ1n) is 9.19. The minimum absolute atomic E-state index is 0.165. The quantitative estimate of drug-likeness (QED) is 0.357. The van der Waals surface area contributed by atoms with Gasteiger partial charge >= 0.3 is 0 Å². The zero-order valence-electron chi connectivity index (χ0n) is 15.9. The molecular formula is C23H17Cl5N2. The van der Waals surface area contributed by atoms with Crippen LogP contribution in [-0.2, 0) is 0 Å². The van der Waals surface area contributed by atoms with Gasteiger partial charge in [-0.05, 0) is 66.6 Å². The molecule has 2 nitrogen and oxygen atoms in total. The lowest BCUT2D eigenvalue weighted by molar-refractivity contribution is 0.947. The predicted octanol–water partition coefficient (Wildman–Crippen LogP) is 8.53. The van der Waals surface area contributed by atoms with Crippen LogP contribution in [0.15, 0.2) is 67.0 Å². The van der Waals surface area contributed by atoms with Crippen molar-refractivity contribution in [2.24, 2.45) is 5.92 Å². The highest BCUT2D eigenvalue weighted by Crippen LogP contribution is 2.67. The molecule has 1 fully saturated rings. The molecular weight excluding hydrogens is 482 g/mol. The fourth-order valence-electron chi connectivity index (χ4n) is 3.68. The van der Waals surface area contributed by atoms with Crippen LogP contribution in [0.5, 0.6) is 0 Å². The van der Waals surface area contributed by atoms with Crippen LogP contribution in [0, 0.1) is 12.8 Å². The maximum atomic E-state index is 6.59. The summed E-state index contributed by atoms with van der Waals surface area (Å²) in [6.07, 6.45) is 1.76. The van der Waals surface area contributed by atoms with Crippen molar-refractivity contribution in [1.29, 1.82) is 0 Å². The number of rotatable bonds is 5. The Morgan fingerprint density at radius 1 is 1.00 bits per heavy atom. The van der Waals surface area contributed by atoms with Gasteiger partial charge in [-0.3, -0.25) is 4.98 Å². The highest BCUT2D eigenvalue weighted by atomic mass is 35.5. The molecule has 1 aliphatic carbocycles. The van der Waals surface area contributed by atoms with E-state index in [1.165, 1.54) is 0 Å². The summed E-state index contributed by atoms with van der Waals surface area (Å²) in [5.74, 6) is -0.367. The van der Waals surface area contributed by atoms with Crippen molar-refractivity contribution >= 4 is 63.7 Å². The standard InChI is InChI=1S/C23H17Cl5N2/c1-12-5-6-29-20(7-12)18-11-17(3-4-19(18)26)30-13(2)21-22(23(21,27)28)14-8-15(24)10-16(25)9-14/h3-11,21-22,30H,2H2,1H3. The number of aromatic nitrogens is 1. The average molecular weight is 499 g/mol. The first-order chi connectivity index (χ1) is 14.2. The number of alkyl halides is 2. The first kappa shape index (κ1) is 21.8. The van der Waals surface area contributed by atoms with Gasteiger partial charge in [0, 0.05) is 45.0 Å². The van der Waals surface area contributed by atoms with E-state index >= 15 is 0 Å². The van der Waals surface area contributed by atoms with Crippen molar-refractivity contribution in [2.75, 3.05) is 5.32 Å². The van der Waals surface area contributed by atoms with E-state index in [9.17, 15) is 0 Å². The summed E-state index contributed by atoms with van der Waals surface area (Å²) < 4.78 is -0.995. The molecule has 1 aromatic heterocycles. The molecule has 1 saturated carbocycles. The molecule has 0 radical (unpaired) electrons. The molecule has 30 heavy (non-hydrogen) atoms. The minimum Gasteiger partial charge on any atom is -0.359 e. The third-order valence-corrected chi connectivity index (χ3v) is 6.84. The Balaban J connectivity index is 1.58. The minimum atomic E-state index is -0.995. The Kier molecular flexibility index (Phi) is 6.00. The molecule has 2 atom stereocenters. The van der Waals surface area contributed by atoms with Crippen LogP contribution in [0.1, 0.15) is 17.0 Å². The number of anilines is 1. The summed E-state index contributed by atoms with van der Waals surface area (Å²) in [5, 5.41) is 5.02. The number of nitrogens with zero attached hydrogens (tertiary/aromatic N) is 1. The van der Waals surface area contributed by atoms with Crippen LogP contribution < -0.4 is 5.32 Å². The van der Waals surface area contributed by atoms with Crippen molar-refractivity contribution in [3.05, 3.63) is 93.2 Å². The summed E-state index contributed by atoms with van der Waals surface area (Å²) in [6, 6.07) is 14.9. The maximum absolute atomic E-state index is 6.59. The average Bonchev–Trinajstić information content (AvgIpc) is 3.25. The fourth-order valence-corrected chi connectivity index (χ4v) is 5.33. The maximum Gasteiger partial charge on any atom is 0.134 e. The van der Waals surface area contributed by atoms with Crippen LogP contribution in [-0.4, -0.2) is 9.32 Å². The topological polar surface area (TPSA) is 24.9 Å². The summed E-state index contributed by atoms with van der Waals surface area (Å²) in [7, 11) is 0. The van der Waals surface area contributed by atoms with Gasteiger partial charge < -0.3 is 5.32 Å². The summed E-state index contributed by atoms with van der Waals surface area (Å²) in [6.45, 7) is 6.19. The molecule has 1 heterocycles. The monoisotopic (exact) mass is 496 g/mol. The lowest BCUT2D eigenvalue weighted by Crippen LogP contribution is -2.04. The highest BCUT2D eigenvalue weighted by molar-refractivity contribution is 6.52. The van der Waals surface area contributed by atoms with Gasteiger partial charge in [0.1, 0.15) is 4.33 Å². The van der Waals surface area contributed by atoms with Crippen molar-refractivity contribution in [1.82, 2.24) is 4.98 Å². The van der Waals surface area contributed by atoms with E-state index in [-0.39, 0.29) is 11.8 Å². The van der Waals surface area contributed by atoms with Gasteiger partial charge in [-0.15, -0.1) is 23.2 Å². The first-order valence-corrected chi connectivity index (χ1v) is 11.1. The van der Waals surface area contributed by atoms with Gasteiger partial charge in [-0.2, -0.15) is 0 Å².